The highest BCUT2D eigenvalue weighted by molar-refractivity contribution is 7.90. The van der Waals surface area contributed by atoms with Gasteiger partial charge in [0.25, 0.3) is 10.0 Å². The Morgan fingerprint density at radius 2 is 2.09 bits per heavy atom. The molecule has 2 N–H and O–H groups in total. The van der Waals surface area contributed by atoms with Gasteiger partial charge >= 0.3 is 6.03 Å². The second-order valence-corrected chi connectivity index (χ2v) is 6.80. The van der Waals surface area contributed by atoms with E-state index >= 15 is 0 Å². The Kier molecular flexibility index (Phi) is 7.64. The lowest BCUT2D eigenvalue weighted by Crippen LogP contribution is -2.39. The van der Waals surface area contributed by atoms with Crippen LogP contribution in [-0.2, 0) is 21.2 Å². The maximum Gasteiger partial charge on any atom is 0.328 e. The number of urea groups is 1. The number of carbonyl (C=O) groups excluding carboxylic acids is 1. The molecule has 0 saturated carbocycles. The molecular formula is C14H21ClN2O4S. The fraction of sp³-hybridized carbons (Fsp3) is 0.500. The number of amides is 2. The first-order chi connectivity index (χ1) is 10.4. The zero-order chi connectivity index (χ0) is 16.6. The number of halogens is 1. The Morgan fingerprint density at radius 3 is 2.73 bits per heavy atom. The first-order valence-corrected chi connectivity index (χ1v) is 8.84. The van der Waals surface area contributed by atoms with Crippen molar-refractivity contribution in [3.63, 3.8) is 0 Å². The highest BCUT2D eigenvalue weighted by Gasteiger charge is 2.21. The number of rotatable bonds is 8. The Hall–Kier alpha value is -1.31. The van der Waals surface area contributed by atoms with Crippen molar-refractivity contribution in [2.24, 2.45) is 0 Å². The number of carbonyl (C=O) groups is 1. The number of benzene rings is 1. The van der Waals surface area contributed by atoms with Crippen molar-refractivity contribution >= 4 is 27.7 Å². The minimum absolute atomic E-state index is 0.0552. The minimum Gasteiger partial charge on any atom is -0.385 e. The quantitative estimate of drug-likeness (QED) is 0.706. The molecule has 124 valence electrons. The predicted molar refractivity (Wildman–Crippen MR) is 85.7 cm³/mol. The summed E-state index contributed by atoms with van der Waals surface area (Å²) >= 11 is 5.93. The molecule has 0 bridgehead atoms. The summed E-state index contributed by atoms with van der Waals surface area (Å²) in [6.45, 7) is 2.79. The van der Waals surface area contributed by atoms with E-state index in [0.29, 0.717) is 36.6 Å². The van der Waals surface area contributed by atoms with E-state index in [4.69, 9.17) is 16.3 Å². The fourth-order valence-electron chi connectivity index (χ4n) is 1.86. The maximum atomic E-state index is 12.3. The standard InChI is InChI=1S/C14H21ClN2O4S/c1-3-8-16-14(18)17-22(19,20)13-7-6-12(15)10-11(13)5-4-9-21-2/h6-7,10H,3-5,8-9H2,1-2H3,(H2,16,17,18). The molecule has 0 spiro atoms. The molecule has 1 aromatic carbocycles. The summed E-state index contributed by atoms with van der Waals surface area (Å²) in [5.74, 6) is 0. The van der Waals surface area contributed by atoms with E-state index in [-0.39, 0.29) is 4.90 Å². The molecule has 6 nitrogen and oxygen atoms in total. The SMILES string of the molecule is CCCNC(=O)NS(=O)(=O)c1ccc(Cl)cc1CCCOC. The molecular weight excluding hydrogens is 328 g/mol. The molecule has 8 heteroatoms. The summed E-state index contributed by atoms with van der Waals surface area (Å²) < 4.78 is 31.6. The van der Waals surface area contributed by atoms with Crippen LogP contribution < -0.4 is 10.0 Å². The lowest BCUT2D eigenvalue weighted by atomic mass is 10.1. The monoisotopic (exact) mass is 348 g/mol. The Morgan fingerprint density at radius 1 is 1.36 bits per heavy atom. The highest BCUT2D eigenvalue weighted by atomic mass is 35.5. The number of ether oxygens (including phenoxy) is 1. The van der Waals surface area contributed by atoms with Gasteiger partial charge in [-0.25, -0.2) is 17.9 Å². The lowest BCUT2D eigenvalue weighted by molar-refractivity contribution is 0.195. The van der Waals surface area contributed by atoms with Crippen LogP contribution in [0, 0.1) is 0 Å². The normalized spacial score (nSPS) is 11.2. The second kappa shape index (κ2) is 8.97. The van der Waals surface area contributed by atoms with E-state index in [1.807, 2.05) is 11.6 Å². The van der Waals surface area contributed by atoms with E-state index in [9.17, 15) is 13.2 Å². The molecule has 0 unspecified atom stereocenters. The van der Waals surface area contributed by atoms with E-state index in [2.05, 4.69) is 5.32 Å². The molecule has 0 atom stereocenters. The molecule has 1 aromatic rings. The molecule has 0 aromatic heterocycles. The van der Waals surface area contributed by atoms with Crippen LogP contribution in [0.4, 0.5) is 4.79 Å². The Labute approximate surface area is 136 Å². The molecule has 0 radical (unpaired) electrons. The number of aryl methyl sites for hydroxylation is 1. The van der Waals surface area contributed by atoms with Crippen molar-refractivity contribution in [2.75, 3.05) is 20.3 Å². The predicted octanol–water partition coefficient (Wildman–Crippen LogP) is 2.32. The molecule has 22 heavy (non-hydrogen) atoms. The van der Waals surface area contributed by atoms with Gasteiger partial charge in [-0.2, -0.15) is 0 Å². The van der Waals surface area contributed by atoms with Gasteiger partial charge < -0.3 is 10.1 Å². The molecule has 0 heterocycles. The van der Waals surface area contributed by atoms with Crippen LogP contribution >= 0.6 is 11.6 Å². The van der Waals surface area contributed by atoms with Gasteiger partial charge in [-0.05, 0) is 43.0 Å². The van der Waals surface area contributed by atoms with Gasteiger partial charge in [-0.15, -0.1) is 0 Å². The maximum absolute atomic E-state index is 12.3. The number of methoxy groups -OCH3 is 1. The van der Waals surface area contributed by atoms with Gasteiger partial charge in [0.15, 0.2) is 0 Å². The summed E-state index contributed by atoms with van der Waals surface area (Å²) in [6, 6.07) is 3.75. The molecule has 2 amide bonds. The number of hydrogen-bond acceptors (Lipinski definition) is 4. The third-order valence-electron chi connectivity index (χ3n) is 2.87. The van der Waals surface area contributed by atoms with Crippen LogP contribution in [-0.4, -0.2) is 34.7 Å². The molecule has 0 aliphatic rings. The van der Waals surface area contributed by atoms with E-state index in [1.54, 1.807) is 13.2 Å². The number of hydrogen-bond donors (Lipinski definition) is 2. The Bertz CT molecular complexity index is 605. The average Bonchev–Trinajstić information content (AvgIpc) is 2.44. The van der Waals surface area contributed by atoms with Gasteiger partial charge in [-0.3, -0.25) is 0 Å². The molecule has 0 aliphatic heterocycles. The van der Waals surface area contributed by atoms with Crippen molar-refractivity contribution in [3.8, 4) is 0 Å². The fourth-order valence-corrected chi connectivity index (χ4v) is 3.24. The van der Waals surface area contributed by atoms with Crippen LogP contribution in [0.25, 0.3) is 0 Å². The third kappa shape index (κ3) is 5.82. The van der Waals surface area contributed by atoms with Crippen LogP contribution in [0.15, 0.2) is 23.1 Å². The average molecular weight is 349 g/mol. The van der Waals surface area contributed by atoms with Gasteiger partial charge in [0.05, 0.1) is 4.90 Å². The zero-order valence-electron chi connectivity index (χ0n) is 12.7. The minimum atomic E-state index is -3.94. The van der Waals surface area contributed by atoms with Crippen molar-refractivity contribution in [3.05, 3.63) is 28.8 Å². The summed E-state index contributed by atoms with van der Waals surface area (Å²) in [6.07, 6.45) is 1.86. The summed E-state index contributed by atoms with van der Waals surface area (Å²) in [7, 11) is -2.36. The number of nitrogens with one attached hydrogen (secondary N) is 2. The van der Waals surface area contributed by atoms with Crippen molar-refractivity contribution in [1.82, 2.24) is 10.0 Å². The Balaban J connectivity index is 2.95. The molecule has 0 fully saturated rings. The highest BCUT2D eigenvalue weighted by Crippen LogP contribution is 2.21. The molecule has 0 aliphatic carbocycles. The smallest absolute Gasteiger partial charge is 0.328 e. The van der Waals surface area contributed by atoms with Gasteiger partial charge in [-0.1, -0.05) is 18.5 Å². The first-order valence-electron chi connectivity index (χ1n) is 6.98. The van der Waals surface area contributed by atoms with Crippen LogP contribution in [0.3, 0.4) is 0 Å². The molecule has 0 saturated heterocycles. The topological polar surface area (TPSA) is 84.5 Å². The zero-order valence-corrected chi connectivity index (χ0v) is 14.3. The summed E-state index contributed by atoms with van der Waals surface area (Å²) in [5, 5.41) is 2.91. The summed E-state index contributed by atoms with van der Waals surface area (Å²) in [5.41, 5.74) is 0.556. The largest absolute Gasteiger partial charge is 0.385 e. The van der Waals surface area contributed by atoms with E-state index in [0.717, 1.165) is 6.42 Å². The van der Waals surface area contributed by atoms with Gasteiger partial charge in [0.2, 0.25) is 0 Å². The summed E-state index contributed by atoms with van der Waals surface area (Å²) in [4.78, 5) is 11.6. The van der Waals surface area contributed by atoms with E-state index < -0.39 is 16.1 Å². The van der Waals surface area contributed by atoms with Crippen LogP contribution in [0.1, 0.15) is 25.3 Å². The molecule has 1 rings (SSSR count). The van der Waals surface area contributed by atoms with Crippen molar-refractivity contribution in [1.29, 1.82) is 0 Å². The third-order valence-corrected chi connectivity index (χ3v) is 4.54. The number of sulfonamides is 1. The van der Waals surface area contributed by atoms with Gasteiger partial charge in [0, 0.05) is 25.3 Å². The second-order valence-electron chi connectivity index (χ2n) is 4.71. The van der Waals surface area contributed by atoms with Crippen LogP contribution in [0.2, 0.25) is 5.02 Å². The first kappa shape index (κ1) is 18.7. The van der Waals surface area contributed by atoms with Crippen LogP contribution in [0.5, 0.6) is 0 Å². The van der Waals surface area contributed by atoms with E-state index in [1.165, 1.54) is 12.1 Å². The van der Waals surface area contributed by atoms with Crippen molar-refractivity contribution < 1.29 is 17.9 Å². The van der Waals surface area contributed by atoms with Crippen molar-refractivity contribution in [2.45, 2.75) is 31.1 Å². The van der Waals surface area contributed by atoms with Gasteiger partial charge in [0.1, 0.15) is 0 Å². The lowest BCUT2D eigenvalue weighted by Gasteiger charge is -2.12.